The molecule has 2 unspecified atom stereocenters. The number of benzene rings is 1. The molecule has 0 saturated carbocycles. The second kappa shape index (κ2) is 5.97. The smallest absolute Gasteiger partial charge is 0.339 e. The summed E-state index contributed by atoms with van der Waals surface area (Å²) in [5.74, 6) is -0.646. The second-order valence-electron chi connectivity index (χ2n) is 6.13. The zero-order valence-corrected chi connectivity index (χ0v) is 13.4. The minimum Gasteiger partial charge on any atom is -0.487 e. The number of nitrogen functional groups attached to an aromatic ring is 1. The molecule has 3 rings (SSSR count). The van der Waals surface area contributed by atoms with Crippen LogP contribution in [-0.2, 0) is 6.42 Å². The topological polar surface area (TPSA) is 75.8 Å². The van der Waals surface area contributed by atoms with E-state index in [4.69, 9.17) is 22.1 Å². The average Bonchev–Trinajstić information content (AvgIpc) is 2.96. The highest BCUT2D eigenvalue weighted by molar-refractivity contribution is 6.33. The third-order valence-corrected chi connectivity index (χ3v) is 5.09. The molecular formula is C16H21ClN2O3. The van der Waals surface area contributed by atoms with Gasteiger partial charge in [0, 0.05) is 18.0 Å². The normalized spacial score (nSPS) is 22.9. The van der Waals surface area contributed by atoms with Crippen molar-refractivity contribution in [3.8, 4) is 5.75 Å². The van der Waals surface area contributed by atoms with Crippen LogP contribution in [0.2, 0.25) is 5.02 Å². The Morgan fingerprint density at radius 1 is 1.45 bits per heavy atom. The SMILES string of the molecule is CC(C1Cc2c(N)c(Cl)cc(C(=O)O)c2O1)N1CCCCC1. The van der Waals surface area contributed by atoms with Crippen LogP contribution in [0.3, 0.4) is 0 Å². The van der Waals surface area contributed by atoms with Crippen LogP contribution < -0.4 is 10.5 Å². The maximum atomic E-state index is 11.4. The molecule has 1 aromatic rings. The highest BCUT2D eigenvalue weighted by atomic mass is 35.5. The molecule has 2 aliphatic rings. The Hall–Kier alpha value is -1.46. The number of piperidine rings is 1. The van der Waals surface area contributed by atoms with Crippen LogP contribution in [0.4, 0.5) is 5.69 Å². The highest BCUT2D eigenvalue weighted by Gasteiger charge is 2.36. The van der Waals surface area contributed by atoms with Gasteiger partial charge in [0.25, 0.3) is 0 Å². The average molecular weight is 325 g/mol. The van der Waals surface area contributed by atoms with E-state index in [-0.39, 0.29) is 22.7 Å². The first-order chi connectivity index (χ1) is 10.5. The summed E-state index contributed by atoms with van der Waals surface area (Å²) in [7, 11) is 0. The summed E-state index contributed by atoms with van der Waals surface area (Å²) in [5.41, 5.74) is 7.30. The van der Waals surface area contributed by atoms with Gasteiger partial charge in [0.2, 0.25) is 0 Å². The molecule has 2 aliphatic heterocycles. The first-order valence-electron chi connectivity index (χ1n) is 7.74. The third-order valence-electron chi connectivity index (χ3n) is 4.78. The van der Waals surface area contributed by atoms with Crippen molar-refractivity contribution in [3.63, 3.8) is 0 Å². The van der Waals surface area contributed by atoms with Crippen LogP contribution in [0, 0.1) is 0 Å². The van der Waals surface area contributed by atoms with Gasteiger partial charge in [0.05, 0.1) is 10.7 Å². The van der Waals surface area contributed by atoms with Gasteiger partial charge in [-0.05, 0) is 38.9 Å². The number of halogens is 1. The first-order valence-corrected chi connectivity index (χ1v) is 8.11. The maximum absolute atomic E-state index is 11.4. The minimum atomic E-state index is -1.04. The van der Waals surface area contributed by atoms with Crippen molar-refractivity contribution >= 4 is 23.3 Å². The number of carboxylic acids is 1. The van der Waals surface area contributed by atoms with Gasteiger partial charge in [0.15, 0.2) is 0 Å². The summed E-state index contributed by atoms with van der Waals surface area (Å²) in [6.45, 7) is 4.28. The number of carbonyl (C=O) groups is 1. The van der Waals surface area contributed by atoms with Crippen molar-refractivity contribution in [3.05, 3.63) is 22.2 Å². The van der Waals surface area contributed by atoms with Gasteiger partial charge in [-0.15, -0.1) is 0 Å². The van der Waals surface area contributed by atoms with Gasteiger partial charge in [0.1, 0.15) is 17.4 Å². The molecule has 5 nitrogen and oxygen atoms in total. The maximum Gasteiger partial charge on any atom is 0.339 e. The molecule has 1 aromatic carbocycles. The van der Waals surface area contributed by atoms with Crippen molar-refractivity contribution in [2.45, 2.75) is 44.8 Å². The van der Waals surface area contributed by atoms with Gasteiger partial charge in [-0.3, -0.25) is 4.90 Å². The van der Waals surface area contributed by atoms with Crippen molar-refractivity contribution in [1.29, 1.82) is 0 Å². The fourth-order valence-electron chi connectivity index (χ4n) is 3.42. The number of ether oxygens (including phenoxy) is 1. The molecular weight excluding hydrogens is 304 g/mol. The molecule has 1 saturated heterocycles. The summed E-state index contributed by atoms with van der Waals surface area (Å²) >= 11 is 6.06. The molecule has 2 heterocycles. The van der Waals surface area contributed by atoms with Gasteiger partial charge in [-0.2, -0.15) is 0 Å². The molecule has 0 spiro atoms. The molecule has 0 aromatic heterocycles. The Morgan fingerprint density at radius 3 is 2.77 bits per heavy atom. The lowest BCUT2D eigenvalue weighted by atomic mass is 9.99. The lowest BCUT2D eigenvalue weighted by Crippen LogP contribution is -2.46. The number of aromatic carboxylic acids is 1. The van der Waals surface area contributed by atoms with E-state index >= 15 is 0 Å². The molecule has 22 heavy (non-hydrogen) atoms. The molecule has 0 radical (unpaired) electrons. The van der Waals surface area contributed by atoms with Gasteiger partial charge in [-0.1, -0.05) is 18.0 Å². The summed E-state index contributed by atoms with van der Waals surface area (Å²) in [6, 6.07) is 1.61. The van der Waals surface area contributed by atoms with Crippen molar-refractivity contribution < 1.29 is 14.6 Å². The van der Waals surface area contributed by atoms with Crippen molar-refractivity contribution in [1.82, 2.24) is 4.90 Å². The van der Waals surface area contributed by atoms with E-state index in [1.54, 1.807) is 0 Å². The number of nitrogens with two attached hydrogens (primary N) is 1. The fourth-order valence-corrected chi connectivity index (χ4v) is 3.64. The van der Waals surface area contributed by atoms with Crippen molar-refractivity contribution in [2.24, 2.45) is 0 Å². The minimum absolute atomic E-state index is 0.0769. The van der Waals surface area contributed by atoms with E-state index in [1.165, 1.54) is 25.3 Å². The molecule has 0 bridgehead atoms. The summed E-state index contributed by atoms with van der Waals surface area (Å²) in [5, 5.41) is 9.63. The Morgan fingerprint density at radius 2 is 2.14 bits per heavy atom. The molecule has 1 fully saturated rings. The van der Waals surface area contributed by atoms with Crippen LogP contribution in [-0.4, -0.2) is 41.2 Å². The van der Waals surface area contributed by atoms with Crippen LogP contribution in [0.25, 0.3) is 0 Å². The largest absolute Gasteiger partial charge is 0.487 e. The van der Waals surface area contributed by atoms with E-state index in [2.05, 4.69) is 11.8 Å². The number of likely N-dealkylation sites (tertiary alicyclic amines) is 1. The Bertz CT molecular complexity index is 600. The molecule has 3 N–H and O–H groups in total. The third kappa shape index (κ3) is 2.63. The fraction of sp³-hybridized carbons (Fsp3) is 0.562. The predicted molar refractivity (Wildman–Crippen MR) is 85.8 cm³/mol. The zero-order chi connectivity index (χ0) is 15.9. The summed E-state index contributed by atoms with van der Waals surface area (Å²) < 4.78 is 5.99. The highest BCUT2D eigenvalue weighted by Crippen LogP contribution is 2.42. The van der Waals surface area contributed by atoms with E-state index in [1.807, 2.05) is 0 Å². The summed E-state index contributed by atoms with van der Waals surface area (Å²) in [4.78, 5) is 13.8. The molecule has 0 amide bonds. The lowest BCUT2D eigenvalue weighted by Gasteiger charge is -2.35. The lowest BCUT2D eigenvalue weighted by molar-refractivity contribution is 0.0660. The number of anilines is 1. The van der Waals surface area contributed by atoms with Crippen LogP contribution in [0.1, 0.15) is 42.1 Å². The number of nitrogens with zero attached hydrogens (tertiary/aromatic N) is 1. The predicted octanol–water partition coefficient (Wildman–Crippen LogP) is 2.80. The van der Waals surface area contributed by atoms with E-state index in [0.717, 1.165) is 18.7 Å². The van der Waals surface area contributed by atoms with Gasteiger partial charge >= 0.3 is 5.97 Å². The molecule has 120 valence electrons. The number of fused-ring (bicyclic) bond motifs is 1. The molecule has 0 aliphatic carbocycles. The number of carboxylic acid groups (broad SMARTS) is 1. The van der Waals surface area contributed by atoms with Crippen LogP contribution >= 0.6 is 11.6 Å². The monoisotopic (exact) mass is 324 g/mol. The first kappa shape index (κ1) is 15.4. The molecule has 6 heteroatoms. The van der Waals surface area contributed by atoms with Gasteiger partial charge in [-0.25, -0.2) is 4.79 Å². The number of hydrogen-bond acceptors (Lipinski definition) is 4. The number of rotatable bonds is 3. The Balaban J connectivity index is 1.86. The van der Waals surface area contributed by atoms with Crippen LogP contribution in [0.15, 0.2) is 6.07 Å². The Kier molecular flexibility index (Phi) is 4.19. The molecule has 2 atom stereocenters. The zero-order valence-electron chi connectivity index (χ0n) is 12.6. The summed E-state index contributed by atoms with van der Waals surface area (Å²) in [6.07, 6.45) is 4.23. The quantitative estimate of drug-likeness (QED) is 0.836. The van der Waals surface area contributed by atoms with E-state index in [0.29, 0.717) is 17.9 Å². The van der Waals surface area contributed by atoms with E-state index in [9.17, 15) is 9.90 Å². The second-order valence-corrected chi connectivity index (χ2v) is 6.54. The number of hydrogen-bond donors (Lipinski definition) is 2. The standard InChI is InChI=1S/C16H21ClN2O3/c1-9(19-5-3-2-4-6-19)13-8-10-14(18)12(17)7-11(16(20)21)15(10)22-13/h7,9,13H,2-6,8,18H2,1H3,(H,20,21). The van der Waals surface area contributed by atoms with E-state index < -0.39 is 5.97 Å². The van der Waals surface area contributed by atoms with Gasteiger partial charge < -0.3 is 15.6 Å². The van der Waals surface area contributed by atoms with Crippen LogP contribution in [0.5, 0.6) is 5.75 Å². The van der Waals surface area contributed by atoms with Crippen molar-refractivity contribution in [2.75, 3.05) is 18.8 Å². The Labute approximate surface area is 135 Å².